The Morgan fingerprint density at radius 2 is 1.95 bits per heavy atom. The second-order valence-electron chi connectivity index (χ2n) is 4.05. The number of benzene rings is 1. The van der Waals surface area contributed by atoms with E-state index in [1.807, 2.05) is 5.38 Å². The summed E-state index contributed by atoms with van der Waals surface area (Å²) in [5.74, 6) is 5.40. The molecule has 0 unspecified atom stereocenters. The van der Waals surface area contributed by atoms with Crippen molar-refractivity contribution in [2.24, 2.45) is 5.73 Å². The fraction of sp³-hybridized carbons (Fsp3) is 0.200. The van der Waals surface area contributed by atoms with Gasteiger partial charge in [-0.2, -0.15) is 13.2 Å². The molecule has 110 valence electrons. The zero-order chi connectivity index (χ0) is 15.3. The first-order valence-electron chi connectivity index (χ1n) is 6.06. The quantitative estimate of drug-likeness (QED) is 0.878. The highest BCUT2D eigenvalue weighted by molar-refractivity contribution is 7.10. The minimum atomic E-state index is -4.44. The lowest BCUT2D eigenvalue weighted by molar-refractivity contribution is -0.139. The molecule has 0 saturated heterocycles. The van der Waals surface area contributed by atoms with Crippen molar-refractivity contribution in [3.8, 4) is 17.6 Å². The summed E-state index contributed by atoms with van der Waals surface area (Å²) in [7, 11) is 0. The number of ether oxygens (including phenoxy) is 1. The number of rotatable bonds is 3. The van der Waals surface area contributed by atoms with Crippen LogP contribution < -0.4 is 10.5 Å². The minimum absolute atomic E-state index is 0.0410. The van der Waals surface area contributed by atoms with Gasteiger partial charge in [0.15, 0.2) is 0 Å². The molecule has 21 heavy (non-hydrogen) atoms. The second kappa shape index (κ2) is 6.66. The summed E-state index contributed by atoms with van der Waals surface area (Å²) in [6.07, 6.45) is -4.44. The number of hydrogen-bond donors (Lipinski definition) is 1. The van der Waals surface area contributed by atoms with Crippen molar-refractivity contribution in [1.82, 2.24) is 0 Å². The van der Waals surface area contributed by atoms with Gasteiger partial charge in [0.2, 0.25) is 0 Å². The largest absolute Gasteiger partial charge is 0.487 e. The molecule has 0 spiro atoms. The Morgan fingerprint density at radius 1 is 1.19 bits per heavy atom. The number of para-hydroxylation sites is 1. The van der Waals surface area contributed by atoms with Crippen molar-refractivity contribution in [3.63, 3.8) is 0 Å². The van der Waals surface area contributed by atoms with Crippen molar-refractivity contribution in [1.29, 1.82) is 0 Å². The average Bonchev–Trinajstić information content (AvgIpc) is 2.89. The van der Waals surface area contributed by atoms with Gasteiger partial charge in [-0.05, 0) is 23.6 Å². The van der Waals surface area contributed by atoms with Crippen LogP contribution in [0.5, 0.6) is 5.75 Å². The summed E-state index contributed by atoms with van der Waals surface area (Å²) in [4.78, 5) is 0.771. The van der Waals surface area contributed by atoms with Crippen LogP contribution in [-0.4, -0.2) is 6.54 Å². The molecule has 2 rings (SSSR count). The highest BCUT2D eigenvalue weighted by Gasteiger charge is 2.34. The third kappa shape index (κ3) is 4.00. The summed E-state index contributed by atoms with van der Waals surface area (Å²) < 4.78 is 43.9. The van der Waals surface area contributed by atoms with Crippen LogP contribution in [0, 0.1) is 11.8 Å². The summed E-state index contributed by atoms with van der Waals surface area (Å²) in [5.41, 5.74) is 5.25. The average molecular weight is 311 g/mol. The van der Waals surface area contributed by atoms with Crippen LogP contribution in [-0.2, 0) is 12.8 Å². The van der Waals surface area contributed by atoms with E-state index in [0.29, 0.717) is 0 Å². The zero-order valence-electron chi connectivity index (χ0n) is 10.9. The first kappa shape index (κ1) is 15.4. The van der Waals surface area contributed by atoms with Gasteiger partial charge in [0.25, 0.3) is 0 Å². The van der Waals surface area contributed by atoms with Crippen LogP contribution in [0.2, 0.25) is 0 Å². The van der Waals surface area contributed by atoms with Crippen LogP contribution in [0.25, 0.3) is 0 Å². The third-order valence-corrected chi connectivity index (χ3v) is 3.52. The highest BCUT2D eigenvalue weighted by Crippen LogP contribution is 2.36. The van der Waals surface area contributed by atoms with Gasteiger partial charge in [-0.25, -0.2) is 0 Å². The van der Waals surface area contributed by atoms with Crippen LogP contribution in [0.3, 0.4) is 0 Å². The van der Waals surface area contributed by atoms with E-state index >= 15 is 0 Å². The molecule has 1 aromatic heterocycles. The fourth-order valence-electron chi connectivity index (χ4n) is 1.68. The van der Waals surface area contributed by atoms with E-state index in [4.69, 9.17) is 10.5 Å². The van der Waals surface area contributed by atoms with Gasteiger partial charge in [0.1, 0.15) is 12.4 Å². The van der Waals surface area contributed by atoms with E-state index in [0.717, 1.165) is 16.5 Å². The lowest BCUT2D eigenvalue weighted by Crippen LogP contribution is -2.08. The molecule has 6 heteroatoms. The molecule has 0 aliphatic rings. The molecule has 0 bridgehead atoms. The molecule has 0 radical (unpaired) electrons. The molecule has 0 saturated carbocycles. The van der Waals surface area contributed by atoms with Crippen molar-refractivity contribution in [2.75, 3.05) is 6.54 Å². The maximum atomic E-state index is 12.8. The third-order valence-electron chi connectivity index (χ3n) is 2.62. The molecular formula is C15H12F3NOS. The van der Waals surface area contributed by atoms with E-state index < -0.39 is 11.7 Å². The Hall–Kier alpha value is -1.97. The summed E-state index contributed by atoms with van der Waals surface area (Å²) >= 11 is 1.38. The van der Waals surface area contributed by atoms with Gasteiger partial charge in [0.05, 0.1) is 17.0 Å². The first-order chi connectivity index (χ1) is 10.0. The van der Waals surface area contributed by atoms with Gasteiger partial charge in [-0.15, -0.1) is 11.3 Å². The fourth-order valence-corrected chi connectivity index (χ4v) is 2.42. The predicted octanol–water partition coefficient (Wildman–Crippen LogP) is 3.66. The van der Waals surface area contributed by atoms with Gasteiger partial charge in [-0.3, -0.25) is 0 Å². The maximum absolute atomic E-state index is 12.8. The maximum Gasteiger partial charge on any atom is 0.419 e. The van der Waals surface area contributed by atoms with Crippen molar-refractivity contribution in [2.45, 2.75) is 12.8 Å². The van der Waals surface area contributed by atoms with E-state index in [1.54, 1.807) is 6.07 Å². The molecular weight excluding hydrogens is 299 g/mol. The Balaban J connectivity index is 2.16. The van der Waals surface area contributed by atoms with Crippen LogP contribution in [0.15, 0.2) is 35.7 Å². The van der Waals surface area contributed by atoms with Crippen LogP contribution in [0.4, 0.5) is 13.2 Å². The molecule has 0 aliphatic heterocycles. The molecule has 1 aromatic carbocycles. The molecule has 0 atom stereocenters. The smallest absolute Gasteiger partial charge is 0.419 e. The van der Waals surface area contributed by atoms with Crippen molar-refractivity contribution in [3.05, 3.63) is 51.7 Å². The van der Waals surface area contributed by atoms with E-state index in [-0.39, 0.29) is 18.9 Å². The lowest BCUT2D eigenvalue weighted by atomic mass is 10.2. The number of halogens is 3. The topological polar surface area (TPSA) is 35.2 Å². The molecule has 0 fully saturated rings. The number of hydrogen-bond acceptors (Lipinski definition) is 3. The summed E-state index contributed by atoms with van der Waals surface area (Å²) in [5, 5.41) is 1.81. The van der Waals surface area contributed by atoms with Crippen molar-refractivity contribution < 1.29 is 17.9 Å². The monoisotopic (exact) mass is 311 g/mol. The number of alkyl halides is 3. The van der Waals surface area contributed by atoms with Crippen LogP contribution in [0.1, 0.15) is 16.0 Å². The summed E-state index contributed by atoms with van der Waals surface area (Å²) in [6, 6.07) is 6.94. The Bertz CT molecular complexity index is 667. The van der Waals surface area contributed by atoms with E-state index in [2.05, 4.69) is 11.8 Å². The van der Waals surface area contributed by atoms with E-state index in [9.17, 15) is 13.2 Å². The van der Waals surface area contributed by atoms with Gasteiger partial charge >= 0.3 is 6.18 Å². The Labute approximate surface area is 124 Å². The Kier molecular flexibility index (Phi) is 4.89. The van der Waals surface area contributed by atoms with Gasteiger partial charge in [-0.1, -0.05) is 24.0 Å². The lowest BCUT2D eigenvalue weighted by Gasteiger charge is -2.13. The molecule has 2 nitrogen and oxygen atoms in total. The molecule has 0 aliphatic carbocycles. The first-order valence-corrected chi connectivity index (χ1v) is 6.94. The van der Waals surface area contributed by atoms with Crippen LogP contribution >= 0.6 is 11.3 Å². The summed E-state index contributed by atoms with van der Waals surface area (Å²) in [6.45, 7) is 0.270. The second-order valence-corrected chi connectivity index (χ2v) is 5.05. The van der Waals surface area contributed by atoms with Crippen molar-refractivity contribution >= 4 is 11.3 Å². The SMILES string of the molecule is NCC#Cc1ccsc1COc1ccccc1C(F)(F)F. The van der Waals surface area contributed by atoms with Gasteiger partial charge in [0, 0.05) is 5.56 Å². The molecule has 0 amide bonds. The zero-order valence-corrected chi connectivity index (χ0v) is 11.7. The van der Waals surface area contributed by atoms with E-state index in [1.165, 1.54) is 29.5 Å². The highest BCUT2D eigenvalue weighted by atomic mass is 32.1. The minimum Gasteiger partial charge on any atom is -0.487 e. The normalized spacial score (nSPS) is 10.9. The number of thiophene rings is 1. The molecule has 2 N–H and O–H groups in total. The Morgan fingerprint density at radius 3 is 2.67 bits per heavy atom. The van der Waals surface area contributed by atoms with Gasteiger partial charge < -0.3 is 10.5 Å². The molecule has 1 heterocycles. The standard InChI is InChI=1S/C15H12F3NOS/c16-15(17,18)12-5-1-2-6-13(12)20-10-14-11(4-3-8-19)7-9-21-14/h1-2,5-7,9H,8,10,19H2. The molecule has 2 aromatic rings. The predicted molar refractivity (Wildman–Crippen MR) is 76.0 cm³/mol. The number of nitrogens with two attached hydrogens (primary N) is 1.